The van der Waals surface area contributed by atoms with E-state index < -0.39 is 6.10 Å². The zero-order valence-corrected chi connectivity index (χ0v) is 10.6. The number of aliphatic hydroxyl groups is 1. The van der Waals surface area contributed by atoms with E-state index in [2.05, 4.69) is 11.9 Å². The van der Waals surface area contributed by atoms with Crippen molar-refractivity contribution in [3.63, 3.8) is 0 Å². The van der Waals surface area contributed by atoms with Crippen LogP contribution in [0.3, 0.4) is 0 Å². The molecule has 1 unspecified atom stereocenters. The van der Waals surface area contributed by atoms with Crippen molar-refractivity contribution in [1.82, 2.24) is 4.98 Å². The van der Waals surface area contributed by atoms with E-state index in [4.69, 9.17) is 4.74 Å². The van der Waals surface area contributed by atoms with Crippen molar-refractivity contribution in [2.45, 2.75) is 26.4 Å². The summed E-state index contributed by atoms with van der Waals surface area (Å²) in [5.41, 5.74) is 1.94. The molecule has 2 rings (SSSR count). The summed E-state index contributed by atoms with van der Waals surface area (Å²) in [4.78, 5) is 4.16. The SMILES string of the molecule is CCc1ccccc1Oc1cc(C(C)O)ccn1. The molecular weight excluding hydrogens is 226 g/mol. The predicted octanol–water partition coefficient (Wildman–Crippen LogP) is 3.49. The van der Waals surface area contributed by atoms with Gasteiger partial charge in [-0.25, -0.2) is 4.98 Å². The van der Waals surface area contributed by atoms with Gasteiger partial charge in [-0.15, -0.1) is 0 Å². The van der Waals surface area contributed by atoms with Crippen LogP contribution >= 0.6 is 0 Å². The van der Waals surface area contributed by atoms with E-state index in [1.54, 1.807) is 25.3 Å². The van der Waals surface area contributed by atoms with E-state index in [0.717, 1.165) is 23.3 Å². The van der Waals surface area contributed by atoms with Crippen LogP contribution in [0.5, 0.6) is 11.6 Å². The number of hydrogen-bond acceptors (Lipinski definition) is 3. The zero-order chi connectivity index (χ0) is 13.0. The molecule has 1 atom stereocenters. The van der Waals surface area contributed by atoms with Gasteiger partial charge in [-0.05, 0) is 36.6 Å². The number of aliphatic hydroxyl groups excluding tert-OH is 1. The molecule has 0 saturated carbocycles. The summed E-state index contributed by atoms with van der Waals surface area (Å²) < 4.78 is 5.77. The zero-order valence-electron chi connectivity index (χ0n) is 10.6. The fourth-order valence-electron chi connectivity index (χ4n) is 1.75. The average molecular weight is 243 g/mol. The Morgan fingerprint density at radius 2 is 2.06 bits per heavy atom. The van der Waals surface area contributed by atoms with Crippen molar-refractivity contribution >= 4 is 0 Å². The second-order valence-electron chi connectivity index (χ2n) is 4.17. The summed E-state index contributed by atoms with van der Waals surface area (Å²) in [6.45, 7) is 3.81. The third kappa shape index (κ3) is 2.87. The molecule has 0 aliphatic rings. The Balaban J connectivity index is 2.25. The molecule has 0 amide bonds. The summed E-state index contributed by atoms with van der Waals surface area (Å²) in [6, 6.07) is 11.4. The molecule has 0 aliphatic heterocycles. The Morgan fingerprint density at radius 3 is 2.78 bits per heavy atom. The molecule has 0 spiro atoms. The van der Waals surface area contributed by atoms with Gasteiger partial charge in [-0.3, -0.25) is 0 Å². The Hall–Kier alpha value is -1.87. The minimum atomic E-state index is -0.517. The van der Waals surface area contributed by atoms with Gasteiger partial charge >= 0.3 is 0 Å². The number of rotatable bonds is 4. The highest BCUT2D eigenvalue weighted by Gasteiger charge is 2.06. The Labute approximate surface area is 107 Å². The molecule has 3 heteroatoms. The highest BCUT2D eigenvalue weighted by Crippen LogP contribution is 2.25. The van der Waals surface area contributed by atoms with E-state index in [-0.39, 0.29) is 0 Å². The third-order valence-corrected chi connectivity index (χ3v) is 2.81. The number of para-hydroxylation sites is 1. The van der Waals surface area contributed by atoms with Gasteiger partial charge in [0, 0.05) is 12.3 Å². The number of benzene rings is 1. The number of pyridine rings is 1. The Kier molecular flexibility index (Phi) is 3.95. The maximum Gasteiger partial charge on any atom is 0.219 e. The molecule has 94 valence electrons. The van der Waals surface area contributed by atoms with Crippen molar-refractivity contribution in [2.24, 2.45) is 0 Å². The summed E-state index contributed by atoms with van der Waals surface area (Å²) in [5.74, 6) is 1.32. The maximum atomic E-state index is 9.53. The highest BCUT2D eigenvalue weighted by atomic mass is 16.5. The second-order valence-corrected chi connectivity index (χ2v) is 4.17. The van der Waals surface area contributed by atoms with Crippen LogP contribution in [-0.2, 0) is 6.42 Å². The molecule has 0 aliphatic carbocycles. The quantitative estimate of drug-likeness (QED) is 0.893. The van der Waals surface area contributed by atoms with Crippen LogP contribution in [0.1, 0.15) is 31.1 Å². The van der Waals surface area contributed by atoms with E-state index >= 15 is 0 Å². The molecule has 0 saturated heterocycles. The van der Waals surface area contributed by atoms with Crippen LogP contribution in [0.25, 0.3) is 0 Å². The minimum Gasteiger partial charge on any atom is -0.439 e. The van der Waals surface area contributed by atoms with Gasteiger partial charge in [0.2, 0.25) is 5.88 Å². The smallest absolute Gasteiger partial charge is 0.219 e. The first kappa shape index (κ1) is 12.6. The molecule has 3 nitrogen and oxygen atoms in total. The molecule has 1 heterocycles. The van der Waals surface area contributed by atoms with Crippen molar-refractivity contribution in [2.75, 3.05) is 0 Å². The van der Waals surface area contributed by atoms with Gasteiger partial charge in [0.25, 0.3) is 0 Å². The van der Waals surface area contributed by atoms with Gasteiger partial charge in [-0.1, -0.05) is 25.1 Å². The first-order valence-electron chi connectivity index (χ1n) is 6.10. The average Bonchev–Trinajstić information content (AvgIpc) is 2.39. The number of aromatic nitrogens is 1. The monoisotopic (exact) mass is 243 g/mol. The van der Waals surface area contributed by atoms with Crippen molar-refractivity contribution in [3.8, 4) is 11.6 Å². The molecule has 2 aromatic rings. The van der Waals surface area contributed by atoms with Crippen LogP contribution in [0.2, 0.25) is 0 Å². The molecule has 1 aromatic heterocycles. The Morgan fingerprint density at radius 1 is 1.28 bits per heavy atom. The summed E-state index contributed by atoms with van der Waals surface area (Å²) in [6.07, 6.45) is 2.04. The lowest BCUT2D eigenvalue weighted by Gasteiger charge is -2.10. The third-order valence-electron chi connectivity index (χ3n) is 2.81. The highest BCUT2D eigenvalue weighted by molar-refractivity contribution is 5.36. The Bertz CT molecular complexity index is 523. The van der Waals surface area contributed by atoms with Gasteiger partial charge in [0.05, 0.1) is 6.10 Å². The molecular formula is C15H17NO2. The first-order valence-corrected chi connectivity index (χ1v) is 6.10. The number of aryl methyl sites for hydroxylation is 1. The lowest BCUT2D eigenvalue weighted by molar-refractivity contribution is 0.198. The van der Waals surface area contributed by atoms with E-state index in [1.165, 1.54) is 0 Å². The van der Waals surface area contributed by atoms with Crippen LogP contribution in [0, 0.1) is 0 Å². The number of ether oxygens (including phenoxy) is 1. The van der Waals surface area contributed by atoms with Gasteiger partial charge < -0.3 is 9.84 Å². The maximum absolute atomic E-state index is 9.53. The molecule has 1 N–H and O–H groups in total. The predicted molar refractivity (Wildman–Crippen MR) is 70.8 cm³/mol. The van der Waals surface area contributed by atoms with Gasteiger partial charge in [0.1, 0.15) is 5.75 Å². The molecule has 1 aromatic carbocycles. The fraction of sp³-hybridized carbons (Fsp3) is 0.267. The second kappa shape index (κ2) is 5.65. The van der Waals surface area contributed by atoms with Crippen molar-refractivity contribution in [1.29, 1.82) is 0 Å². The van der Waals surface area contributed by atoms with Crippen LogP contribution in [0.15, 0.2) is 42.6 Å². The topological polar surface area (TPSA) is 42.4 Å². The fourth-order valence-corrected chi connectivity index (χ4v) is 1.75. The van der Waals surface area contributed by atoms with Crippen LogP contribution in [-0.4, -0.2) is 10.1 Å². The minimum absolute atomic E-state index is 0.509. The summed E-state index contributed by atoms with van der Waals surface area (Å²) in [7, 11) is 0. The first-order chi connectivity index (χ1) is 8.70. The van der Waals surface area contributed by atoms with Crippen LogP contribution < -0.4 is 4.74 Å². The van der Waals surface area contributed by atoms with Crippen LogP contribution in [0.4, 0.5) is 0 Å². The van der Waals surface area contributed by atoms with E-state index in [0.29, 0.717) is 5.88 Å². The summed E-state index contributed by atoms with van der Waals surface area (Å²) >= 11 is 0. The standard InChI is InChI=1S/C15H17NO2/c1-3-12-6-4-5-7-14(12)18-15-10-13(11(2)17)8-9-16-15/h4-11,17H,3H2,1-2H3. The number of nitrogens with zero attached hydrogens (tertiary/aromatic N) is 1. The summed E-state index contributed by atoms with van der Waals surface area (Å²) in [5, 5.41) is 9.53. The van der Waals surface area contributed by atoms with Gasteiger partial charge in [-0.2, -0.15) is 0 Å². The lowest BCUT2D eigenvalue weighted by Crippen LogP contribution is -1.95. The van der Waals surface area contributed by atoms with E-state index in [1.807, 2.05) is 24.3 Å². The van der Waals surface area contributed by atoms with Crippen molar-refractivity contribution in [3.05, 3.63) is 53.7 Å². The molecule has 0 bridgehead atoms. The van der Waals surface area contributed by atoms with E-state index in [9.17, 15) is 5.11 Å². The molecule has 0 radical (unpaired) electrons. The van der Waals surface area contributed by atoms with Crippen molar-refractivity contribution < 1.29 is 9.84 Å². The molecule has 18 heavy (non-hydrogen) atoms. The van der Waals surface area contributed by atoms with Gasteiger partial charge in [0.15, 0.2) is 0 Å². The normalized spacial score (nSPS) is 12.2. The molecule has 0 fully saturated rings. The number of hydrogen-bond donors (Lipinski definition) is 1. The lowest BCUT2D eigenvalue weighted by atomic mass is 10.1. The largest absolute Gasteiger partial charge is 0.439 e.